The first-order valence-electron chi connectivity index (χ1n) is 8.09. The number of carbonyl (C=O) groups is 3. The molecule has 0 unspecified atom stereocenters. The van der Waals surface area contributed by atoms with Gasteiger partial charge < -0.3 is 26.2 Å². The van der Waals surface area contributed by atoms with E-state index in [1.54, 1.807) is 0 Å². The Kier molecular flexibility index (Phi) is 9.53. The summed E-state index contributed by atoms with van der Waals surface area (Å²) in [6, 6.07) is 6.98. The smallest absolute Gasteiger partial charge is 0.408 e. The van der Waals surface area contributed by atoms with Crippen LogP contribution in [-0.2, 0) is 20.9 Å². The summed E-state index contributed by atoms with van der Waals surface area (Å²) in [5.41, 5.74) is 5.99. The second-order valence-electron chi connectivity index (χ2n) is 5.67. The quantitative estimate of drug-likeness (QED) is 0.462. The van der Waals surface area contributed by atoms with Gasteiger partial charge in [0.25, 0.3) is 0 Å². The molecule has 3 atom stereocenters. The van der Waals surface area contributed by atoms with Crippen molar-refractivity contribution in [1.29, 1.82) is 0 Å². The van der Waals surface area contributed by atoms with E-state index in [1.165, 1.54) is 18.7 Å². The van der Waals surface area contributed by atoms with E-state index >= 15 is 0 Å². The van der Waals surface area contributed by atoms with Gasteiger partial charge in [-0.15, -0.1) is 0 Å². The summed E-state index contributed by atoms with van der Waals surface area (Å²) >= 11 is 1.50. The van der Waals surface area contributed by atoms with Gasteiger partial charge in [-0.1, -0.05) is 30.3 Å². The maximum atomic E-state index is 12.4. The molecule has 0 radical (unpaired) electrons. The van der Waals surface area contributed by atoms with Crippen LogP contribution in [-0.4, -0.2) is 53.2 Å². The Bertz CT molecular complexity index is 597. The lowest BCUT2D eigenvalue weighted by Gasteiger charge is -2.23. The summed E-state index contributed by atoms with van der Waals surface area (Å²) in [7, 11) is 0. The van der Waals surface area contributed by atoms with Crippen LogP contribution in [0.5, 0.6) is 0 Å². The fraction of sp³-hybridized carbons (Fsp3) is 0.471. The molecule has 144 valence electrons. The van der Waals surface area contributed by atoms with Gasteiger partial charge in [-0.2, -0.15) is 11.8 Å². The van der Waals surface area contributed by atoms with Crippen LogP contribution in [0, 0.1) is 0 Å². The first kappa shape index (κ1) is 21.8. The number of rotatable bonds is 10. The van der Waals surface area contributed by atoms with Crippen molar-refractivity contribution in [3.05, 3.63) is 35.9 Å². The summed E-state index contributed by atoms with van der Waals surface area (Å²) in [4.78, 5) is 35.7. The second-order valence-corrected chi connectivity index (χ2v) is 6.65. The Hall–Kier alpha value is -2.26. The second kappa shape index (κ2) is 11.4. The van der Waals surface area contributed by atoms with Crippen LogP contribution in [0.2, 0.25) is 0 Å². The van der Waals surface area contributed by atoms with Gasteiger partial charge in [0.1, 0.15) is 18.7 Å². The van der Waals surface area contributed by atoms with Crippen LogP contribution in [0.4, 0.5) is 4.79 Å². The van der Waals surface area contributed by atoms with Crippen LogP contribution in [0.3, 0.4) is 0 Å². The molecule has 0 aromatic heterocycles. The van der Waals surface area contributed by atoms with E-state index in [9.17, 15) is 19.5 Å². The number of thioether (sulfide) groups is 1. The Morgan fingerprint density at radius 3 is 2.42 bits per heavy atom. The molecule has 0 aliphatic rings. The van der Waals surface area contributed by atoms with Gasteiger partial charge >= 0.3 is 6.09 Å². The van der Waals surface area contributed by atoms with Crippen molar-refractivity contribution in [2.75, 3.05) is 12.0 Å². The van der Waals surface area contributed by atoms with Crippen molar-refractivity contribution in [2.45, 2.75) is 38.1 Å². The third-order valence-electron chi connectivity index (χ3n) is 3.52. The van der Waals surface area contributed by atoms with Crippen molar-refractivity contribution in [3.63, 3.8) is 0 Å². The number of amides is 3. The molecule has 0 saturated heterocycles. The average Bonchev–Trinajstić information content (AvgIpc) is 2.61. The number of benzene rings is 1. The number of hydrogen-bond donors (Lipinski definition) is 4. The highest BCUT2D eigenvalue weighted by molar-refractivity contribution is 7.98. The minimum atomic E-state index is -1.23. The maximum Gasteiger partial charge on any atom is 0.408 e. The zero-order valence-corrected chi connectivity index (χ0v) is 15.6. The lowest BCUT2D eigenvalue weighted by Crippen LogP contribution is -2.56. The fourth-order valence-electron chi connectivity index (χ4n) is 2.09. The predicted octanol–water partition coefficient (Wildman–Crippen LogP) is 0.385. The maximum absolute atomic E-state index is 12.4. The highest BCUT2D eigenvalue weighted by atomic mass is 32.2. The van der Waals surface area contributed by atoms with Gasteiger partial charge in [-0.25, -0.2) is 4.79 Å². The first-order chi connectivity index (χ1) is 12.3. The molecule has 8 nitrogen and oxygen atoms in total. The van der Waals surface area contributed by atoms with Gasteiger partial charge in [0.05, 0.1) is 6.10 Å². The third kappa shape index (κ3) is 7.75. The number of aliphatic hydroxyl groups excluding tert-OH is 1. The van der Waals surface area contributed by atoms with Crippen LogP contribution >= 0.6 is 11.8 Å². The summed E-state index contributed by atoms with van der Waals surface area (Å²) < 4.78 is 5.11. The Balaban J connectivity index is 2.65. The van der Waals surface area contributed by atoms with E-state index in [0.717, 1.165) is 5.56 Å². The molecule has 0 bridgehead atoms. The number of ether oxygens (including phenoxy) is 1. The molecular weight excluding hydrogens is 358 g/mol. The summed E-state index contributed by atoms with van der Waals surface area (Å²) in [5, 5.41) is 14.4. The number of carbonyl (C=O) groups excluding carboxylic acids is 3. The van der Waals surface area contributed by atoms with E-state index < -0.39 is 36.1 Å². The zero-order valence-electron chi connectivity index (χ0n) is 14.8. The molecule has 0 heterocycles. The van der Waals surface area contributed by atoms with E-state index in [0.29, 0.717) is 12.2 Å². The fourth-order valence-corrected chi connectivity index (χ4v) is 2.57. The number of primary amides is 1. The molecule has 0 aliphatic heterocycles. The number of aliphatic hydroxyl groups is 1. The molecule has 0 fully saturated rings. The van der Waals surface area contributed by atoms with Crippen molar-refractivity contribution in [3.8, 4) is 0 Å². The highest BCUT2D eigenvalue weighted by Gasteiger charge is 2.28. The monoisotopic (exact) mass is 383 g/mol. The molecular formula is C17H25N3O5S. The van der Waals surface area contributed by atoms with Crippen LogP contribution in [0.25, 0.3) is 0 Å². The van der Waals surface area contributed by atoms with Crippen molar-refractivity contribution >= 4 is 29.7 Å². The normalized spacial score (nSPS) is 14.0. The van der Waals surface area contributed by atoms with E-state index in [1.807, 2.05) is 36.6 Å². The summed E-state index contributed by atoms with van der Waals surface area (Å²) in [5.74, 6) is -0.864. The Labute approximate surface area is 156 Å². The molecule has 1 rings (SSSR count). The SMILES string of the molecule is CSCC[C@H](NC(=O)OCc1ccccc1)C(=O)N[C@H](C(N)=O)[C@@H](C)O. The summed E-state index contributed by atoms with van der Waals surface area (Å²) in [6.45, 7) is 1.41. The first-order valence-corrected chi connectivity index (χ1v) is 9.48. The Morgan fingerprint density at radius 1 is 1.23 bits per heavy atom. The topological polar surface area (TPSA) is 131 Å². The molecule has 5 N–H and O–H groups in total. The standard InChI is InChI=1S/C17H25N3O5S/c1-11(21)14(15(18)22)20-16(23)13(8-9-26-2)19-17(24)25-10-12-6-4-3-5-7-12/h3-7,11,13-14,21H,8-10H2,1-2H3,(H2,18,22)(H,19,24)(H,20,23)/t11-,13+,14+/m1/s1. The molecule has 0 aliphatic carbocycles. The van der Waals surface area contributed by atoms with Crippen LogP contribution < -0.4 is 16.4 Å². The Morgan fingerprint density at radius 2 is 1.88 bits per heavy atom. The van der Waals surface area contributed by atoms with Crippen molar-refractivity contribution in [2.24, 2.45) is 5.73 Å². The molecule has 3 amide bonds. The molecule has 0 saturated carbocycles. The van der Waals surface area contributed by atoms with Gasteiger partial charge in [0.2, 0.25) is 11.8 Å². The van der Waals surface area contributed by atoms with Crippen LogP contribution in [0.1, 0.15) is 18.9 Å². The average molecular weight is 383 g/mol. The summed E-state index contributed by atoms with van der Waals surface area (Å²) in [6.07, 6.45) is 0.300. The molecule has 26 heavy (non-hydrogen) atoms. The number of alkyl carbamates (subject to hydrolysis) is 1. The van der Waals surface area contributed by atoms with Gasteiger partial charge in [-0.3, -0.25) is 9.59 Å². The molecule has 9 heteroatoms. The molecule has 0 spiro atoms. The molecule has 1 aromatic carbocycles. The number of hydrogen-bond acceptors (Lipinski definition) is 6. The highest BCUT2D eigenvalue weighted by Crippen LogP contribution is 2.05. The van der Waals surface area contributed by atoms with E-state index in [2.05, 4.69) is 10.6 Å². The minimum absolute atomic E-state index is 0.0706. The number of nitrogens with two attached hydrogens (primary N) is 1. The lowest BCUT2D eigenvalue weighted by atomic mass is 10.1. The number of nitrogens with one attached hydrogen (secondary N) is 2. The lowest BCUT2D eigenvalue weighted by molar-refractivity contribution is -0.130. The van der Waals surface area contributed by atoms with Crippen molar-refractivity contribution in [1.82, 2.24) is 10.6 Å². The van der Waals surface area contributed by atoms with E-state index in [4.69, 9.17) is 10.5 Å². The zero-order chi connectivity index (χ0) is 19.5. The minimum Gasteiger partial charge on any atom is -0.445 e. The van der Waals surface area contributed by atoms with Crippen molar-refractivity contribution < 1.29 is 24.2 Å². The van der Waals surface area contributed by atoms with Gasteiger partial charge in [0.15, 0.2) is 0 Å². The predicted molar refractivity (Wildman–Crippen MR) is 99.4 cm³/mol. The molecule has 1 aromatic rings. The van der Waals surface area contributed by atoms with Crippen LogP contribution in [0.15, 0.2) is 30.3 Å². The van der Waals surface area contributed by atoms with E-state index in [-0.39, 0.29) is 6.61 Å². The largest absolute Gasteiger partial charge is 0.445 e. The van der Waals surface area contributed by atoms with Gasteiger partial charge in [-0.05, 0) is 30.9 Å². The van der Waals surface area contributed by atoms with Gasteiger partial charge in [0, 0.05) is 0 Å². The third-order valence-corrected chi connectivity index (χ3v) is 4.16.